The number of carbonyl (C=O) groups is 1. The summed E-state index contributed by atoms with van der Waals surface area (Å²) in [6.07, 6.45) is 1.66. The zero-order valence-corrected chi connectivity index (χ0v) is 8.80. The molecule has 0 spiro atoms. The minimum absolute atomic E-state index is 0.208. The number of H-pyrrole nitrogens is 1. The summed E-state index contributed by atoms with van der Waals surface area (Å²) >= 11 is 3.08. The molecule has 14 heavy (non-hydrogen) atoms. The minimum Gasteiger partial charge on any atom is -0.382 e. The number of aromatic nitrogens is 2. The van der Waals surface area contributed by atoms with E-state index in [2.05, 4.69) is 31.4 Å². The molecule has 7 heteroatoms. The summed E-state index contributed by atoms with van der Waals surface area (Å²) in [6.45, 7) is 0.374. The zero-order valence-electron chi connectivity index (χ0n) is 7.21. The average Bonchev–Trinajstić information content (AvgIpc) is 2.12. The van der Waals surface area contributed by atoms with Gasteiger partial charge in [0.25, 0.3) is 5.56 Å². The summed E-state index contributed by atoms with van der Waals surface area (Å²) < 4.78 is 0.358. The molecular weight excluding hydrogens is 252 g/mol. The number of nitrogens with zero attached hydrogens (tertiary/aromatic N) is 1. The number of nitrogens with two attached hydrogens (primary N) is 1. The zero-order chi connectivity index (χ0) is 10.6. The van der Waals surface area contributed by atoms with Gasteiger partial charge in [-0.2, -0.15) is 5.10 Å². The van der Waals surface area contributed by atoms with Crippen molar-refractivity contribution in [3.63, 3.8) is 0 Å². The van der Waals surface area contributed by atoms with Crippen molar-refractivity contribution in [3.8, 4) is 0 Å². The number of aromatic amines is 1. The molecule has 0 aliphatic rings. The third-order valence-electron chi connectivity index (χ3n) is 1.48. The molecule has 0 bridgehead atoms. The van der Waals surface area contributed by atoms with E-state index in [0.717, 1.165) is 0 Å². The Morgan fingerprint density at radius 1 is 1.71 bits per heavy atom. The lowest BCUT2D eigenvalue weighted by Crippen LogP contribution is -2.18. The van der Waals surface area contributed by atoms with Crippen molar-refractivity contribution in [2.45, 2.75) is 6.42 Å². The van der Waals surface area contributed by atoms with Crippen molar-refractivity contribution in [3.05, 3.63) is 21.0 Å². The Bertz CT molecular complexity index is 390. The molecule has 0 unspecified atom stereocenters. The number of carbonyl (C=O) groups excluding carboxylic acids is 1. The quantitative estimate of drug-likeness (QED) is 0.699. The first-order valence-electron chi connectivity index (χ1n) is 3.86. The van der Waals surface area contributed by atoms with Gasteiger partial charge in [-0.15, -0.1) is 0 Å². The Balaban J connectivity index is 2.63. The molecule has 0 saturated carbocycles. The van der Waals surface area contributed by atoms with Crippen LogP contribution in [0, 0.1) is 0 Å². The Morgan fingerprint density at radius 3 is 3.07 bits per heavy atom. The molecular formula is C7H9BrN4O2. The molecule has 4 N–H and O–H groups in total. The second-order valence-electron chi connectivity index (χ2n) is 2.57. The van der Waals surface area contributed by atoms with Crippen LogP contribution in [-0.4, -0.2) is 22.6 Å². The lowest BCUT2D eigenvalue weighted by Gasteiger charge is -2.04. The molecule has 6 nitrogen and oxygen atoms in total. The van der Waals surface area contributed by atoms with Gasteiger partial charge in [-0.1, -0.05) is 0 Å². The molecule has 0 fully saturated rings. The molecule has 0 atom stereocenters. The van der Waals surface area contributed by atoms with Crippen LogP contribution in [0.1, 0.15) is 6.42 Å². The first kappa shape index (κ1) is 10.7. The molecule has 0 aromatic carbocycles. The monoisotopic (exact) mass is 260 g/mol. The summed E-state index contributed by atoms with van der Waals surface area (Å²) in [5, 5.41) is 8.71. The van der Waals surface area contributed by atoms with Gasteiger partial charge in [0.15, 0.2) is 0 Å². The minimum atomic E-state index is -0.397. The highest BCUT2D eigenvalue weighted by Gasteiger charge is 2.03. The predicted molar refractivity (Wildman–Crippen MR) is 54.9 cm³/mol. The van der Waals surface area contributed by atoms with Crippen LogP contribution in [0.15, 0.2) is 15.5 Å². The van der Waals surface area contributed by atoms with Crippen molar-refractivity contribution < 1.29 is 4.79 Å². The number of hydrogen-bond acceptors (Lipinski definition) is 4. The van der Waals surface area contributed by atoms with Gasteiger partial charge >= 0.3 is 0 Å². The third-order valence-corrected chi connectivity index (χ3v) is 2.27. The third kappa shape index (κ3) is 2.84. The van der Waals surface area contributed by atoms with Crippen molar-refractivity contribution in [1.82, 2.24) is 10.2 Å². The molecule has 0 radical (unpaired) electrons. The van der Waals surface area contributed by atoms with E-state index < -0.39 is 5.91 Å². The van der Waals surface area contributed by atoms with Gasteiger partial charge in [0, 0.05) is 13.0 Å². The van der Waals surface area contributed by atoms with Crippen LogP contribution >= 0.6 is 15.9 Å². The molecule has 0 aliphatic heterocycles. The summed E-state index contributed by atoms with van der Waals surface area (Å²) in [6, 6.07) is 0. The van der Waals surface area contributed by atoms with Crippen molar-refractivity contribution >= 4 is 27.5 Å². The lowest BCUT2D eigenvalue weighted by atomic mass is 10.4. The van der Waals surface area contributed by atoms with Crippen molar-refractivity contribution in [2.75, 3.05) is 11.9 Å². The van der Waals surface area contributed by atoms with E-state index in [-0.39, 0.29) is 12.0 Å². The molecule has 0 aliphatic carbocycles. The fourth-order valence-corrected chi connectivity index (χ4v) is 1.16. The predicted octanol–water partition coefficient (Wildman–Crippen LogP) is -0.180. The largest absolute Gasteiger partial charge is 0.382 e. The van der Waals surface area contributed by atoms with Crippen molar-refractivity contribution in [2.24, 2.45) is 5.73 Å². The first-order valence-corrected chi connectivity index (χ1v) is 4.66. The van der Waals surface area contributed by atoms with Gasteiger partial charge in [-0.3, -0.25) is 9.59 Å². The van der Waals surface area contributed by atoms with E-state index in [4.69, 9.17) is 5.73 Å². The first-order chi connectivity index (χ1) is 6.61. The Kier molecular flexibility index (Phi) is 3.63. The van der Waals surface area contributed by atoms with Gasteiger partial charge in [-0.25, -0.2) is 5.10 Å². The van der Waals surface area contributed by atoms with E-state index in [9.17, 15) is 9.59 Å². The van der Waals surface area contributed by atoms with Crippen LogP contribution in [0.5, 0.6) is 0 Å². The average molecular weight is 261 g/mol. The normalized spacial score (nSPS) is 9.79. The number of primary amides is 1. The standard InChI is InChI=1S/C7H9BrN4O2/c8-6-4(3-11-12-7(6)14)10-2-1-5(9)13/h3H,1-2H2,(H2,9,13)(H2,10,12,14). The maximum atomic E-state index is 11.0. The SMILES string of the molecule is NC(=O)CCNc1cn[nH]c(=O)c1Br. The van der Waals surface area contributed by atoms with Gasteiger partial charge < -0.3 is 11.1 Å². The fraction of sp³-hybridized carbons (Fsp3) is 0.286. The van der Waals surface area contributed by atoms with Crippen LogP contribution in [0.4, 0.5) is 5.69 Å². The number of halogens is 1. The maximum Gasteiger partial charge on any atom is 0.280 e. The van der Waals surface area contributed by atoms with E-state index in [1.807, 2.05) is 0 Å². The summed E-state index contributed by atoms with van der Waals surface area (Å²) in [4.78, 5) is 21.5. The van der Waals surface area contributed by atoms with Crippen LogP contribution < -0.4 is 16.6 Å². The molecule has 1 aromatic rings. The number of hydrogen-bond donors (Lipinski definition) is 3. The van der Waals surface area contributed by atoms with Gasteiger partial charge in [0.05, 0.1) is 11.9 Å². The summed E-state index contributed by atoms with van der Waals surface area (Å²) in [5.41, 5.74) is 5.16. The topological polar surface area (TPSA) is 101 Å². The maximum absolute atomic E-state index is 11.0. The highest BCUT2D eigenvalue weighted by molar-refractivity contribution is 9.10. The van der Waals surface area contributed by atoms with Gasteiger partial charge in [0.2, 0.25) is 5.91 Å². The van der Waals surface area contributed by atoms with E-state index in [1.54, 1.807) is 0 Å². The number of rotatable bonds is 4. The molecule has 1 heterocycles. The molecule has 1 aromatic heterocycles. The Hall–Kier alpha value is -1.37. The van der Waals surface area contributed by atoms with E-state index in [1.165, 1.54) is 6.20 Å². The second-order valence-corrected chi connectivity index (χ2v) is 3.36. The Labute approximate surface area is 88.0 Å². The molecule has 76 valence electrons. The fourth-order valence-electron chi connectivity index (χ4n) is 0.827. The summed E-state index contributed by atoms with van der Waals surface area (Å²) in [7, 11) is 0. The van der Waals surface area contributed by atoms with Gasteiger partial charge in [0.1, 0.15) is 4.47 Å². The van der Waals surface area contributed by atoms with E-state index >= 15 is 0 Å². The number of nitrogens with one attached hydrogen (secondary N) is 2. The van der Waals surface area contributed by atoms with E-state index in [0.29, 0.717) is 16.7 Å². The highest BCUT2D eigenvalue weighted by atomic mass is 79.9. The van der Waals surface area contributed by atoms with Crippen LogP contribution in [0.3, 0.4) is 0 Å². The van der Waals surface area contributed by atoms with Gasteiger partial charge in [-0.05, 0) is 15.9 Å². The summed E-state index contributed by atoms with van der Waals surface area (Å²) in [5.74, 6) is -0.397. The Morgan fingerprint density at radius 2 is 2.43 bits per heavy atom. The van der Waals surface area contributed by atoms with Crippen LogP contribution in [0.2, 0.25) is 0 Å². The molecule has 0 saturated heterocycles. The lowest BCUT2D eigenvalue weighted by molar-refractivity contribution is -0.117. The van der Waals surface area contributed by atoms with Crippen LogP contribution in [0.25, 0.3) is 0 Å². The van der Waals surface area contributed by atoms with Crippen molar-refractivity contribution in [1.29, 1.82) is 0 Å². The second kappa shape index (κ2) is 4.75. The number of amides is 1. The van der Waals surface area contributed by atoms with Crippen LogP contribution in [-0.2, 0) is 4.79 Å². The smallest absolute Gasteiger partial charge is 0.280 e. The number of anilines is 1. The molecule has 1 rings (SSSR count). The highest BCUT2D eigenvalue weighted by Crippen LogP contribution is 2.14. The molecule has 1 amide bonds.